The molecule has 5 heteroatoms. The molecule has 0 saturated carbocycles. The summed E-state index contributed by atoms with van der Waals surface area (Å²) in [6.45, 7) is -0.312. The van der Waals surface area contributed by atoms with Gasteiger partial charge in [0.25, 0.3) is 0 Å². The number of rotatable bonds is 7. The Morgan fingerprint density at radius 2 is 1.41 bits per heavy atom. The van der Waals surface area contributed by atoms with Crippen molar-refractivity contribution < 1.29 is 19.1 Å². The van der Waals surface area contributed by atoms with Crippen LogP contribution >= 0.6 is 11.6 Å². The van der Waals surface area contributed by atoms with E-state index in [0.29, 0.717) is 21.9 Å². The van der Waals surface area contributed by atoms with Crippen molar-refractivity contribution in [3.8, 4) is 5.75 Å². The van der Waals surface area contributed by atoms with Gasteiger partial charge in [0.2, 0.25) is 5.78 Å². The van der Waals surface area contributed by atoms with Crippen LogP contribution in [-0.4, -0.2) is 18.4 Å². The third-order valence-electron chi connectivity index (χ3n) is 3.82. The highest BCUT2D eigenvalue weighted by molar-refractivity contribution is 6.30. The molecule has 0 aliphatic carbocycles. The zero-order valence-corrected chi connectivity index (χ0v) is 15.1. The summed E-state index contributed by atoms with van der Waals surface area (Å²) in [6, 6.07) is 24.3. The Morgan fingerprint density at radius 1 is 0.815 bits per heavy atom. The Bertz CT molecular complexity index is 893. The van der Waals surface area contributed by atoms with Crippen molar-refractivity contribution in [1.82, 2.24) is 0 Å². The molecule has 0 heterocycles. The zero-order chi connectivity index (χ0) is 19.1. The third-order valence-corrected chi connectivity index (χ3v) is 4.07. The first-order valence-corrected chi connectivity index (χ1v) is 8.73. The van der Waals surface area contributed by atoms with Crippen LogP contribution in [0.1, 0.15) is 22.0 Å². The molecule has 0 fully saturated rings. The fourth-order valence-corrected chi connectivity index (χ4v) is 2.62. The van der Waals surface area contributed by atoms with E-state index in [-0.39, 0.29) is 12.4 Å². The average molecular weight is 381 g/mol. The molecule has 3 aromatic carbocycles. The van der Waals surface area contributed by atoms with Crippen LogP contribution in [0.15, 0.2) is 84.9 Å². The zero-order valence-electron chi connectivity index (χ0n) is 14.4. The fourth-order valence-electron chi connectivity index (χ4n) is 2.49. The Morgan fingerprint density at radius 3 is 2.04 bits per heavy atom. The van der Waals surface area contributed by atoms with Crippen molar-refractivity contribution in [1.29, 1.82) is 0 Å². The van der Waals surface area contributed by atoms with Gasteiger partial charge < -0.3 is 9.47 Å². The first-order valence-electron chi connectivity index (χ1n) is 8.35. The number of carbonyl (C=O) groups is 2. The van der Waals surface area contributed by atoms with Gasteiger partial charge in [-0.2, -0.15) is 0 Å². The van der Waals surface area contributed by atoms with Gasteiger partial charge >= 0.3 is 5.97 Å². The highest BCUT2D eigenvalue weighted by Gasteiger charge is 2.26. The van der Waals surface area contributed by atoms with Crippen LogP contribution in [0.3, 0.4) is 0 Å². The molecule has 3 aromatic rings. The van der Waals surface area contributed by atoms with Crippen LogP contribution < -0.4 is 4.74 Å². The summed E-state index contributed by atoms with van der Waals surface area (Å²) in [5.74, 6) is -0.438. The maximum atomic E-state index is 12.9. The van der Waals surface area contributed by atoms with E-state index in [1.807, 2.05) is 12.1 Å². The minimum absolute atomic E-state index is 0.290. The second-order valence-corrected chi connectivity index (χ2v) is 6.19. The standard InChI is InChI=1S/C22H17ClO4/c23-18-11-13-19(14-12-18)26-15-20(24)27-22(17-9-5-2-6-10-17)21(25)16-7-3-1-4-8-16/h1-14,22H,15H2/t22-/m0/s1. The van der Waals surface area contributed by atoms with Crippen molar-refractivity contribution in [2.24, 2.45) is 0 Å². The van der Waals surface area contributed by atoms with Gasteiger partial charge in [-0.3, -0.25) is 4.79 Å². The molecular weight excluding hydrogens is 364 g/mol. The van der Waals surface area contributed by atoms with E-state index in [0.717, 1.165) is 0 Å². The Hall–Kier alpha value is -3.11. The van der Waals surface area contributed by atoms with Gasteiger partial charge in [-0.1, -0.05) is 72.3 Å². The Kier molecular flexibility index (Phi) is 6.23. The summed E-state index contributed by atoms with van der Waals surface area (Å²) in [4.78, 5) is 25.1. The molecule has 27 heavy (non-hydrogen) atoms. The summed E-state index contributed by atoms with van der Waals surface area (Å²) >= 11 is 5.82. The van der Waals surface area contributed by atoms with E-state index in [2.05, 4.69) is 0 Å². The van der Waals surface area contributed by atoms with Crippen molar-refractivity contribution in [3.05, 3.63) is 101 Å². The van der Waals surface area contributed by atoms with E-state index in [1.165, 1.54) is 0 Å². The maximum Gasteiger partial charge on any atom is 0.345 e. The largest absolute Gasteiger partial charge is 0.482 e. The van der Waals surface area contributed by atoms with Crippen LogP contribution in [0.2, 0.25) is 5.02 Å². The molecule has 0 unspecified atom stereocenters. The van der Waals surface area contributed by atoms with Crippen LogP contribution in [0.25, 0.3) is 0 Å². The van der Waals surface area contributed by atoms with Crippen LogP contribution in [0.5, 0.6) is 5.75 Å². The lowest BCUT2D eigenvalue weighted by atomic mass is 10.00. The van der Waals surface area contributed by atoms with E-state index in [1.54, 1.807) is 72.8 Å². The quantitative estimate of drug-likeness (QED) is 0.432. The normalized spacial score (nSPS) is 11.4. The Balaban J connectivity index is 1.72. The monoisotopic (exact) mass is 380 g/mol. The molecule has 0 aliphatic rings. The lowest BCUT2D eigenvalue weighted by Gasteiger charge is -2.17. The van der Waals surface area contributed by atoms with E-state index in [9.17, 15) is 9.59 Å². The molecule has 3 rings (SSSR count). The number of ether oxygens (including phenoxy) is 2. The summed E-state index contributed by atoms with van der Waals surface area (Å²) in [5.41, 5.74) is 1.07. The third kappa shape index (κ3) is 5.19. The summed E-state index contributed by atoms with van der Waals surface area (Å²) < 4.78 is 10.9. The topological polar surface area (TPSA) is 52.6 Å². The number of hydrogen-bond acceptors (Lipinski definition) is 4. The number of halogens is 1. The summed E-state index contributed by atoms with van der Waals surface area (Å²) in [7, 11) is 0. The summed E-state index contributed by atoms with van der Waals surface area (Å²) in [6.07, 6.45) is -1.03. The molecule has 0 saturated heterocycles. The van der Waals surface area contributed by atoms with Gasteiger partial charge in [-0.15, -0.1) is 0 Å². The minimum Gasteiger partial charge on any atom is -0.482 e. The molecule has 4 nitrogen and oxygen atoms in total. The molecule has 1 atom stereocenters. The second kappa shape index (κ2) is 9.01. The van der Waals surface area contributed by atoms with Gasteiger partial charge in [0.15, 0.2) is 12.7 Å². The van der Waals surface area contributed by atoms with Crippen molar-refractivity contribution in [3.63, 3.8) is 0 Å². The molecule has 136 valence electrons. The van der Waals surface area contributed by atoms with Crippen LogP contribution in [-0.2, 0) is 9.53 Å². The van der Waals surface area contributed by atoms with E-state index in [4.69, 9.17) is 21.1 Å². The minimum atomic E-state index is -1.03. The van der Waals surface area contributed by atoms with E-state index >= 15 is 0 Å². The second-order valence-electron chi connectivity index (χ2n) is 5.75. The Labute approximate surface area is 162 Å². The number of benzene rings is 3. The molecule has 0 aliphatic heterocycles. The predicted octanol–water partition coefficient (Wildman–Crippen LogP) is 4.89. The number of esters is 1. The van der Waals surface area contributed by atoms with Crippen LogP contribution in [0, 0.1) is 0 Å². The SMILES string of the molecule is O=C(COc1ccc(Cl)cc1)O[C@H](C(=O)c1ccccc1)c1ccccc1. The van der Waals surface area contributed by atoms with Crippen molar-refractivity contribution in [2.75, 3.05) is 6.61 Å². The predicted molar refractivity (Wildman–Crippen MR) is 103 cm³/mol. The average Bonchev–Trinajstić information content (AvgIpc) is 2.72. The molecule has 0 aromatic heterocycles. The maximum absolute atomic E-state index is 12.9. The van der Waals surface area contributed by atoms with Crippen molar-refractivity contribution >= 4 is 23.4 Å². The van der Waals surface area contributed by atoms with E-state index < -0.39 is 12.1 Å². The molecule has 0 spiro atoms. The number of Topliss-reactive ketones (excluding diaryl/α,β-unsaturated/α-hetero) is 1. The number of hydrogen-bond donors (Lipinski definition) is 0. The molecule has 0 radical (unpaired) electrons. The van der Waals surface area contributed by atoms with Gasteiger partial charge in [0.05, 0.1) is 0 Å². The van der Waals surface area contributed by atoms with Crippen LogP contribution in [0.4, 0.5) is 0 Å². The van der Waals surface area contributed by atoms with Gasteiger partial charge in [0.1, 0.15) is 5.75 Å². The smallest absolute Gasteiger partial charge is 0.345 e. The molecule has 0 amide bonds. The van der Waals surface area contributed by atoms with Gasteiger partial charge in [0, 0.05) is 16.1 Å². The number of ketones is 1. The molecule has 0 bridgehead atoms. The number of carbonyl (C=O) groups excluding carboxylic acids is 2. The lowest BCUT2D eigenvalue weighted by molar-refractivity contribution is -0.149. The fraction of sp³-hybridized carbons (Fsp3) is 0.0909. The summed E-state index contributed by atoms with van der Waals surface area (Å²) in [5, 5.41) is 0.572. The van der Waals surface area contributed by atoms with Gasteiger partial charge in [-0.05, 0) is 24.3 Å². The van der Waals surface area contributed by atoms with Gasteiger partial charge in [-0.25, -0.2) is 4.79 Å². The van der Waals surface area contributed by atoms with Crippen molar-refractivity contribution in [2.45, 2.75) is 6.10 Å². The molecule has 0 N–H and O–H groups in total. The highest BCUT2D eigenvalue weighted by Crippen LogP contribution is 2.23. The highest BCUT2D eigenvalue weighted by atomic mass is 35.5. The first kappa shape index (κ1) is 18.7. The first-order chi connectivity index (χ1) is 13.1. The lowest BCUT2D eigenvalue weighted by Crippen LogP contribution is -2.23. The molecular formula is C22H17ClO4.